The van der Waals surface area contributed by atoms with Gasteiger partial charge in [0.25, 0.3) is 0 Å². The summed E-state index contributed by atoms with van der Waals surface area (Å²) in [6.45, 7) is 2.56. The number of hydrogen-bond donors (Lipinski definition) is 2. The highest BCUT2D eigenvalue weighted by Gasteiger charge is 2.11. The van der Waals surface area contributed by atoms with Gasteiger partial charge in [0, 0.05) is 6.54 Å². The Kier molecular flexibility index (Phi) is 3.87. The van der Waals surface area contributed by atoms with Crippen molar-refractivity contribution < 1.29 is 0 Å². The van der Waals surface area contributed by atoms with Gasteiger partial charge in [-0.1, -0.05) is 6.92 Å². The summed E-state index contributed by atoms with van der Waals surface area (Å²) in [6.07, 6.45) is 0.825. The maximum atomic E-state index is 11.5. The zero-order chi connectivity index (χ0) is 13.8. The Morgan fingerprint density at radius 2 is 2.37 bits per heavy atom. The molecule has 0 aromatic carbocycles. The minimum absolute atomic E-state index is 0.171. The molecule has 0 fully saturated rings. The summed E-state index contributed by atoms with van der Waals surface area (Å²) in [5.41, 5.74) is 5.86. The van der Waals surface area contributed by atoms with Crippen molar-refractivity contribution in [1.29, 1.82) is 5.26 Å². The van der Waals surface area contributed by atoms with Crippen LogP contribution in [0, 0.1) is 11.3 Å². The highest BCUT2D eigenvalue weighted by molar-refractivity contribution is 7.99. The average Bonchev–Trinajstić information content (AvgIpc) is 2.74. The van der Waals surface area contributed by atoms with Crippen LogP contribution in [0.3, 0.4) is 0 Å². The van der Waals surface area contributed by atoms with E-state index in [9.17, 15) is 4.79 Å². The molecule has 0 aliphatic heterocycles. The molecule has 0 saturated heterocycles. The fourth-order valence-electron chi connectivity index (χ4n) is 1.49. The van der Waals surface area contributed by atoms with Crippen LogP contribution in [-0.4, -0.2) is 19.7 Å². The standard InChI is InChI=1S/C11H12N6OS/c1-2-5-17-10(18)15-16-11(17)19-9-4-3-7(13)8(6-12)14-9/h3-4H,2,5,13H2,1H3,(H,15,18). The molecule has 0 radical (unpaired) electrons. The van der Waals surface area contributed by atoms with Gasteiger partial charge < -0.3 is 5.73 Å². The highest BCUT2D eigenvalue weighted by atomic mass is 32.2. The van der Waals surface area contributed by atoms with E-state index in [0.717, 1.165) is 6.42 Å². The zero-order valence-electron chi connectivity index (χ0n) is 10.3. The molecule has 0 bridgehead atoms. The van der Waals surface area contributed by atoms with Crippen molar-refractivity contribution in [3.63, 3.8) is 0 Å². The maximum Gasteiger partial charge on any atom is 0.343 e. The third kappa shape index (κ3) is 2.77. The van der Waals surface area contributed by atoms with Crippen LogP contribution in [0.5, 0.6) is 0 Å². The summed E-state index contributed by atoms with van der Waals surface area (Å²) >= 11 is 1.22. The van der Waals surface area contributed by atoms with Gasteiger partial charge in [-0.25, -0.2) is 14.9 Å². The summed E-state index contributed by atoms with van der Waals surface area (Å²) in [4.78, 5) is 15.6. The van der Waals surface area contributed by atoms with E-state index < -0.39 is 0 Å². The van der Waals surface area contributed by atoms with E-state index in [2.05, 4.69) is 15.2 Å². The molecular formula is C11H12N6OS. The lowest BCUT2D eigenvalue weighted by molar-refractivity contribution is 0.603. The van der Waals surface area contributed by atoms with Crippen molar-refractivity contribution >= 4 is 17.4 Å². The molecule has 3 N–H and O–H groups in total. The smallest absolute Gasteiger partial charge is 0.343 e. The van der Waals surface area contributed by atoms with Gasteiger partial charge in [-0.15, -0.1) is 5.10 Å². The molecule has 0 aliphatic rings. The molecule has 2 aromatic rings. The van der Waals surface area contributed by atoms with Gasteiger partial charge in [-0.2, -0.15) is 5.26 Å². The molecule has 2 rings (SSSR count). The SMILES string of the molecule is CCCn1c(Sc2ccc(N)c(C#N)n2)n[nH]c1=O. The fraction of sp³-hybridized carbons (Fsp3) is 0.273. The van der Waals surface area contributed by atoms with Crippen molar-refractivity contribution in [2.24, 2.45) is 0 Å². The van der Waals surface area contributed by atoms with Crippen LogP contribution in [-0.2, 0) is 6.54 Å². The van der Waals surface area contributed by atoms with E-state index in [1.165, 1.54) is 16.3 Å². The van der Waals surface area contributed by atoms with Crippen molar-refractivity contribution in [2.75, 3.05) is 5.73 Å². The second kappa shape index (κ2) is 5.58. The van der Waals surface area contributed by atoms with Crippen molar-refractivity contribution in [1.82, 2.24) is 19.7 Å². The van der Waals surface area contributed by atoms with E-state index in [4.69, 9.17) is 11.0 Å². The van der Waals surface area contributed by atoms with Crippen LogP contribution in [0.25, 0.3) is 0 Å². The van der Waals surface area contributed by atoms with Gasteiger partial charge in [0.1, 0.15) is 11.1 Å². The van der Waals surface area contributed by atoms with E-state index >= 15 is 0 Å². The number of nitrogens with two attached hydrogens (primary N) is 1. The number of anilines is 1. The van der Waals surface area contributed by atoms with Gasteiger partial charge in [0.2, 0.25) is 0 Å². The van der Waals surface area contributed by atoms with Crippen molar-refractivity contribution in [2.45, 2.75) is 30.1 Å². The van der Waals surface area contributed by atoms with Crippen LogP contribution in [0.2, 0.25) is 0 Å². The van der Waals surface area contributed by atoms with E-state index in [-0.39, 0.29) is 11.4 Å². The zero-order valence-corrected chi connectivity index (χ0v) is 11.1. The van der Waals surface area contributed by atoms with Gasteiger partial charge in [-0.05, 0) is 30.3 Å². The Labute approximate surface area is 113 Å². The molecule has 98 valence electrons. The summed E-state index contributed by atoms with van der Waals surface area (Å²) in [5.74, 6) is 0. The van der Waals surface area contributed by atoms with Crippen molar-refractivity contribution in [3.05, 3.63) is 28.3 Å². The summed E-state index contributed by atoms with van der Waals surface area (Å²) in [7, 11) is 0. The molecule has 2 heterocycles. The van der Waals surface area contributed by atoms with Gasteiger partial charge >= 0.3 is 5.69 Å². The lowest BCUT2D eigenvalue weighted by atomic mass is 10.3. The normalized spacial score (nSPS) is 10.3. The van der Waals surface area contributed by atoms with Gasteiger partial charge in [0.05, 0.1) is 5.69 Å². The summed E-state index contributed by atoms with van der Waals surface area (Å²) < 4.78 is 1.54. The predicted molar refractivity (Wildman–Crippen MR) is 70.6 cm³/mol. The molecule has 0 atom stereocenters. The summed E-state index contributed by atoms with van der Waals surface area (Å²) in [6, 6.07) is 5.22. The molecule has 0 amide bonds. The molecule has 0 unspecified atom stereocenters. The lowest BCUT2D eigenvalue weighted by Crippen LogP contribution is -2.17. The van der Waals surface area contributed by atoms with Crippen LogP contribution >= 0.6 is 11.8 Å². The number of pyridine rings is 1. The second-order valence-corrected chi connectivity index (χ2v) is 4.75. The fourth-order valence-corrected chi connectivity index (χ4v) is 2.33. The maximum absolute atomic E-state index is 11.5. The number of rotatable bonds is 4. The lowest BCUT2D eigenvalue weighted by Gasteiger charge is -2.04. The third-order valence-corrected chi connectivity index (χ3v) is 3.30. The molecule has 19 heavy (non-hydrogen) atoms. The average molecular weight is 276 g/mol. The first kappa shape index (κ1) is 13.2. The first-order valence-corrected chi connectivity index (χ1v) is 6.47. The third-order valence-electron chi connectivity index (χ3n) is 2.37. The number of nitrogens with zero attached hydrogens (tertiary/aromatic N) is 4. The summed E-state index contributed by atoms with van der Waals surface area (Å²) in [5, 5.41) is 16.3. The number of hydrogen-bond acceptors (Lipinski definition) is 6. The first-order valence-electron chi connectivity index (χ1n) is 5.65. The first-order chi connectivity index (χ1) is 9.15. The Balaban J connectivity index is 2.32. The Morgan fingerprint density at radius 1 is 1.58 bits per heavy atom. The number of nitrogens with one attached hydrogen (secondary N) is 1. The number of nitriles is 1. The molecular weight excluding hydrogens is 264 g/mol. The van der Waals surface area contributed by atoms with E-state index in [0.29, 0.717) is 22.4 Å². The monoisotopic (exact) mass is 276 g/mol. The minimum atomic E-state index is -0.250. The minimum Gasteiger partial charge on any atom is -0.396 e. The largest absolute Gasteiger partial charge is 0.396 e. The molecule has 0 aliphatic carbocycles. The Hall–Kier alpha value is -2.27. The van der Waals surface area contributed by atoms with Gasteiger partial charge in [0.15, 0.2) is 10.9 Å². The number of aromatic amines is 1. The second-order valence-electron chi connectivity index (χ2n) is 3.76. The highest BCUT2D eigenvalue weighted by Crippen LogP contribution is 2.24. The quantitative estimate of drug-likeness (QED) is 0.860. The number of H-pyrrole nitrogens is 1. The Morgan fingerprint density at radius 3 is 3.05 bits per heavy atom. The van der Waals surface area contributed by atoms with Crippen molar-refractivity contribution in [3.8, 4) is 6.07 Å². The topological polar surface area (TPSA) is 113 Å². The van der Waals surface area contributed by atoms with Crippen LogP contribution in [0.15, 0.2) is 27.1 Å². The van der Waals surface area contributed by atoms with E-state index in [1.54, 1.807) is 12.1 Å². The predicted octanol–water partition coefficient (Wildman–Crippen LogP) is 0.981. The van der Waals surface area contributed by atoms with Crippen LogP contribution < -0.4 is 11.4 Å². The molecule has 2 aromatic heterocycles. The number of nitrogen functional groups attached to an aromatic ring is 1. The molecule has 0 saturated carbocycles. The molecule has 0 spiro atoms. The molecule has 8 heteroatoms. The van der Waals surface area contributed by atoms with E-state index in [1.807, 2.05) is 13.0 Å². The molecule has 7 nitrogen and oxygen atoms in total. The van der Waals surface area contributed by atoms with Gasteiger partial charge in [-0.3, -0.25) is 4.57 Å². The Bertz CT molecular complexity index is 683. The van der Waals surface area contributed by atoms with Crippen LogP contribution in [0.1, 0.15) is 19.0 Å². The number of aromatic nitrogens is 4. The van der Waals surface area contributed by atoms with Crippen LogP contribution in [0.4, 0.5) is 5.69 Å².